The number of ketones is 3. The summed E-state index contributed by atoms with van der Waals surface area (Å²) >= 11 is 0. The van der Waals surface area contributed by atoms with E-state index in [4.69, 9.17) is 19.2 Å². The molecule has 6 atom stereocenters. The summed E-state index contributed by atoms with van der Waals surface area (Å²) < 4.78 is 17.7. The van der Waals surface area contributed by atoms with E-state index in [1.165, 1.54) is 30.9 Å². The van der Waals surface area contributed by atoms with Crippen molar-refractivity contribution in [3.05, 3.63) is 81.4 Å². The standard InChI is InChI=1S/C37H38N2O11.ClH/c1-17-32(42)22(38-18(2)39-12-11-19-7-4-5-9-23(19)39)13-27(49-17)50-25-15-37(47,26(41)16-40)14-21-29(25)36(46)31-30(34(21)44)33(43)20-8-6-10-24(48-3)28(20)35(31)45;/h4-10,17,22,25,27,32,40,42,44,46-47H,11-16H2,1-3H3;1H/t17?,22-,25-,27?,32-,37?;/m0./s1. The fourth-order valence-corrected chi connectivity index (χ4v) is 7.80. The van der Waals surface area contributed by atoms with Crippen LogP contribution in [0.1, 0.15) is 81.3 Å². The maximum Gasteiger partial charge on any atom is 0.202 e. The number of benzene rings is 3. The number of carbonyl (C=O) groups excluding carboxylic acids is 3. The van der Waals surface area contributed by atoms with Gasteiger partial charge in [0, 0.05) is 48.2 Å². The number of fused-ring (bicyclic) bond motifs is 4. The van der Waals surface area contributed by atoms with Crippen LogP contribution in [0.2, 0.25) is 0 Å². The van der Waals surface area contributed by atoms with Crippen molar-refractivity contribution in [2.75, 3.05) is 25.2 Å². The molecule has 14 heteroatoms. The van der Waals surface area contributed by atoms with E-state index in [9.17, 15) is 39.9 Å². The first-order valence-corrected chi connectivity index (χ1v) is 16.5. The maximum absolute atomic E-state index is 13.9. The third kappa shape index (κ3) is 5.87. The Kier molecular flexibility index (Phi) is 9.74. The molecule has 3 aromatic rings. The molecule has 0 bridgehead atoms. The van der Waals surface area contributed by atoms with Gasteiger partial charge < -0.3 is 44.6 Å². The fourth-order valence-electron chi connectivity index (χ4n) is 7.80. The summed E-state index contributed by atoms with van der Waals surface area (Å²) in [7, 11) is 1.33. The van der Waals surface area contributed by atoms with Gasteiger partial charge in [-0.25, -0.2) is 0 Å². The van der Waals surface area contributed by atoms with E-state index in [-0.39, 0.29) is 46.8 Å². The Hall–Kier alpha value is -4.37. The van der Waals surface area contributed by atoms with Gasteiger partial charge in [0.25, 0.3) is 0 Å². The maximum atomic E-state index is 13.9. The Balaban J connectivity index is 0.00000448. The summed E-state index contributed by atoms with van der Waals surface area (Å²) in [5.41, 5.74) is -1.42. The molecule has 1 saturated heterocycles. The van der Waals surface area contributed by atoms with Gasteiger partial charge in [-0.1, -0.05) is 30.3 Å². The first-order chi connectivity index (χ1) is 23.9. The van der Waals surface area contributed by atoms with E-state index < -0.39 is 95.7 Å². The highest BCUT2D eigenvalue weighted by atomic mass is 35.5. The third-order valence-electron chi connectivity index (χ3n) is 10.4. The summed E-state index contributed by atoms with van der Waals surface area (Å²) in [5, 5.41) is 55.8. The van der Waals surface area contributed by atoms with Crippen LogP contribution < -0.4 is 9.64 Å². The van der Waals surface area contributed by atoms with Crippen molar-refractivity contribution in [2.24, 2.45) is 4.99 Å². The predicted molar refractivity (Wildman–Crippen MR) is 185 cm³/mol. The number of aliphatic imine (C=N–C) groups is 1. The van der Waals surface area contributed by atoms with Gasteiger partial charge in [-0.15, -0.1) is 12.4 Å². The van der Waals surface area contributed by atoms with Gasteiger partial charge in [0.05, 0.1) is 42.0 Å². The number of aliphatic hydroxyl groups is 3. The number of ether oxygens (including phenoxy) is 3. The minimum absolute atomic E-state index is 0. The van der Waals surface area contributed by atoms with Gasteiger partial charge in [0.1, 0.15) is 41.4 Å². The number of Topliss-reactive ketones (excluding diaryl/α,β-unsaturated/α-hetero) is 1. The first kappa shape index (κ1) is 36.4. The van der Waals surface area contributed by atoms with Crippen LogP contribution in [0.15, 0.2) is 47.5 Å². The summed E-state index contributed by atoms with van der Waals surface area (Å²) in [4.78, 5) is 47.5. The lowest BCUT2D eigenvalue weighted by atomic mass is 9.72. The Bertz CT molecular complexity index is 1960. The molecule has 270 valence electrons. The molecule has 5 N–H and O–H groups in total. The van der Waals surface area contributed by atoms with Gasteiger partial charge >= 0.3 is 0 Å². The SMILES string of the molecule is COc1cccc2c1C(=O)c1c(O)c3c(c(O)c1C2=O)CC(O)(C(=O)CO)C[C@@H]3OC1C[C@H](N=C(C)N2CCc3ccccc32)[C@@H](O)C(C)O1.Cl. The molecule has 51 heavy (non-hydrogen) atoms. The van der Waals surface area contributed by atoms with Crippen molar-refractivity contribution in [3.63, 3.8) is 0 Å². The largest absolute Gasteiger partial charge is 0.507 e. The lowest BCUT2D eigenvalue weighted by Gasteiger charge is -2.42. The number of hydrogen-bond donors (Lipinski definition) is 5. The number of nitrogens with zero attached hydrogens (tertiary/aromatic N) is 2. The lowest BCUT2D eigenvalue weighted by Crippen LogP contribution is -2.50. The molecule has 2 heterocycles. The van der Waals surface area contributed by atoms with E-state index in [2.05, 4.69) is 11.0 Å². The number of phenolic OH excluding ortho intramolecular Hbond substituents is 2. The summed E-state index contributed by atoms with van der Waals surface area (Å²) in [6.45, 7) is 3.21. The van der Waals surface area contributed by atoms with Crippen LogP contribution in [0.3, 0.4) is 0 Å². The van der Waals surface area contributed by atoms with Crippen molar-refractivity contribution >= 4 is 41.3 Å². The van der Waals surface area contributed by atoms with Crippen LogP contribution in [-0.4, -0.2) is 99.1 Å². The molecule has 4 aliphatic rings. The number of para-hydroxylation sites is 1. The van der Waals surface area contributed by atoms with E-state index in [0.29, 0.717) is 5.84 Å². The van der Waals surface area contributed by atoms with Crippen molar-refractivity contribution < 1.29 is 54.1 Å². The number of anilines is 1. The second-order valence-corrected chi connectivity index (χ2v) is 13.3. The second-order valence-electron chi connectivity index (χ2n) is 13.3. The zero-order chi connectivity index (χ0) is 35.6. The molecule has 3 unspecified atom stereocenters. The Labute approximate surface area is 299 Å². The zero-order valence-corrected chi connectivity index (χ0v) is 29.0. The Morgan fingerprint density at radius 1 is 1.06 bits per heavy atom. The molecule has 13 nitrogen and oxygen atoms in total. The number of carbonyl (C=O) groups is 3. The summed E-state index contributed by atoms with van der Waals surface area (Å²) in [6.07, 6.45) is -4.41. The number of halogens is 1. The minimum Gasteiger partial charge on any atom is -0.507 e. The highest BCUT2D eigenvalue weighted by Crippen LogP contribution is 2.52. The molecule has 3 aromatic carbocycles. The second kappa shape index (κ2) is 13.6. The highest BCUT2D eigenvalue weighted by molar-refractivity contribution is 6.31. The van der Waals surface area contributed by atoms with Crippen LogP contribution >= 0.6 is 12.4 Å². The first-order valence-electron chi connectivity index (χ1n) is 16.5. The number of methoxy groups -OCH3 is 1. The van der Waals surface area contributed by atoms with E-state index in [1.807, 2.05) is 25.1 Å². The van der Waals surface area contributed by atoms with Gasteiger partial charge in [0.15, 0.2) is 17.9 Å². The highest BCUT2D eigenvalue weighted by Gasteiger charge is 2.50. The van der Waals surface area contributed by atoms with Gasteiger partial charge in [-0.05, 0) is 38.0 Å². The number of phenols is 2. The van der Waals surface area contributed by atoms with Crippen LogP contribution in [0.4, 0.5) is 5.69 Å². The monoisotopic (exact) mass is 722 g/mol. The average molecular weight is 723 g/mol. The zero-order valence-electron chi connectivity index (χ0n) is 28.2. The summed E-state index contributed by atoms with van der Waals surface area (Å²) in [6, 6.07) is 11.7. The molecule has 0 aromatic heterocycles. The quantitative estimate of drug-likeness (QED) is 0.111. The number of hydrogen-bond acceptors (Lipinski definition) is 12. The topological polar surface area (TPSA) is 196 Å². The van der Waals surface area contributed by atoms with E-state index >= 15 is 0 Å². The molecular weight excluding hydrogens is 684 g/mol. The van der Waals surface area contributed by atoms with Gasteiger partial charge in [-0.2, -0.15) is 0 Å². The van der Waals surface area contributed by atoms with Crippen molar-refractivity contribution in [3.8, 4) is 17.2 Å². The van der Waals surface area contributed by atoms with E-state index in [0.717, 1.165) is 18.7 Å². The van der Waals surface area contributed by atoms with Crippen LogP contribution in [0.25, 0.3) is 0 Å². The molecule has 0 radical (unpaired) electrons. The minimum atomic E-state index is -2.27. The average Bonchev–Trinajstić information content (AvgIpc) is 3.54. The molecule has 0 spiro atoms. The van der Waals surface area contributed by atoms with Crippen LogP contribution in [0.5, 0.6) is 17.2 Å². The number of amidine groups is 1. The predicted octanol–water partition coefficient (Wildman–Crippen LogP) is 2.95. The molecule has 1 fully saturated rings. The number of aliphatic hydroxyl groups excluding tert-OH is 2. The molecule has 2 aliphatic carbocycles. The van der Waals surface area contributed by atoms with Crippen molar-refractivity contribution in [1.29, 1.82) is 0 Å². The molecule has 0 amide bonds. The summed E-state index contributed by atoms with van der Waals surface area (Å²) in [5.74, 6) is -3.08. The Morgan fingerprint density at radius 3 is 2.51 bits per heavy atom. The van der Waals surface area contributed by atoms with Crippen LogP contribution in [-0.2, 0) is 27.1 Å². The van der Waals surface area contributed by atoms with Crippen LogP contribution in [0, 0.1) is 0 Å². The fraction of sp³-hybridized carbons (Fsp3) is 0.405. The number of rotatable bonds is 6. The molecular formula is C37H39ClN2O11. The number of aromatic hydroxyl groups is 2. The van der Waals surface area contributed by atoms with Crippen molar-refractivity contribution in [2.45, 2.75) is 75.8 Å². The third-order valence-corrected chi connectivity index (χ3v) is 10.4. The molecule has 2 aliphatic heterocycles. The molecule has 7 rings (SSSR count). The lowest BCUT2D eigenvalue weighted by molar-refractivity contribution is -0.247. The Morgan fingerprint density at radius 2 is 1.78 bits per heavy atom. The van der Waals surface area contributed by atoms with E-state index in [1.54, 1.807) is 6.92 Å². The van der Waals surface area contributed by atoms with Gasteiger partial charge in [0.2, 0.25) is 5.78 Å². The van der Waals surface area contributed by atoms with Crippen molar-refractivity contribution in [1.82, 2.24) is 0 Å². The molecule has 0 saturated carbocycles. The smallest absolute Gasteiger partial charge is 0.202 e. The normalized spacial score (nSPS) is 26.8. The van der Waals surface area contributed by atoms with Gasteiger partial charge in [-0.3, -0.25) is 19.4 Å².